The molecule has 1 N–H and O–H groups in total. The SMILES string of the molecule is CC1(C)CC2Nc3cccc(Cl)c3OC2c2ccccc21. The Labute approximate surface area is 130 Å². The van der Waals surface area contributed by atoms with E-state index >= 15 is 0 Å². The van der Waals surface area contributed by atoms with Crippen molar-refractivity contribution in [1.29, 1.82) is 0 Å². The van der Waals surface area contributed by atoms with E-state index in [1.807, 2.05) is 18.2 Å². The summed E-state index contributed by atoms with van der Waals surface area (Å²) in [5, 5.41) is 4.29. The van der Waals surface area contributed by atoms with Gasteiger partial charge in [0.15, 0.2) is 5.75 Å². The van der Waals surface area contributed by atoms with Crippen molar-refractivity contribution in [1.82, 2.24) is 0 Å². The highest BCUT2D eigenvalue weighted by Crippen LogP contribution is 2.49. The van der Waals surface area contributed by atoms with Crippen LogP contribution >= 0.6 is 11.6 Å². The number of anilines is 1. The molecule has 2 aliphatic rings. The standard InChI is InChI=1S/C18H18ClNO/c1-18(2)10-15-16(11-6-3-4-7-12(11)18)21-17-13(19)8-5-9-14(17)20-15/h3-9,15-16,20H,10H2,1-2H3. The molecule has 21 heavy (non-hydrogen) atoms. The topological polar surface area (TPSA) is 21.3 Å². The fraction of sp³-hybridized carbons (Fsp3) is 0.333. The zero-order valence-electron chi connectivity index (χ0n) is 12.2. The third-order valence-corrected chi connectivity index (χ3v) is 4.94. The van der Waals surface area contributed by atoms with Crippen LogP contribution in [0.15, 0.2) is 42.5 Å². The maximum absolute atomic E-state index is 6.29. The van der Waals surface area contributed by atoms with Gasteiger partial charge < -0.3 is 10.1 Å². The van der Waals surface area contributed by atoms with E-state index in [1.165, 1.54) is 11.1 Å². The van der Waals surface area contributed by atoms with Gasteiger partial charge in [-0.05, 0) is 35.1 Å². The second-order valence-electron chi connectivity index (χ2n) is 6.58. The summed E-state index contributed by atoms with van der Waals surface area (Å²) in [5.41, 5.74) is 3.80. The minimum absolute atomic E-state index is 0.0293. The molecule has 0 bridgehead atoms. The molecule has 2 atom stereocenters. The summed E-state index contributed by atoms with van der Waals surface area (Å²) < 4.78 is 6.29. The molecule has 1 aliphatic heterocycles. The van der Waals surface area contributed by atoms with Gasteiger partial charge in [0.2, 0.25) is 0 Å². The molecule has 0 spiro atoms. The van der Waals surface area contributed by atoms with Crippen LogP contribution in [0.3, 0.4) is 0 Å². The molecule has 0 amide bonds. The first kappa shape index (κ1) is 13.0. The number of fused-ring (bicyclic) bond motifs is 4. The van der Waals surface area contributed by atoms with Crippen molar-refractivity contribution < 1.29 is 4.74 Å². The lowest BCUT2D eigenvalue weighted by molar-refractivity contribution is 0.138. The second kappa shape index (κ2) is 4.41. The third-order valence-electron chi connectivity index (χ3n) is 4.64. The first-order valence-electron chi connectivity index (χ1n) is 7.37. The summed E-state index contributed by atoms with van der Waals surface area (Å²) in [6.07, 6.45) is 1.07. The molecule has 1 aliphatic carbocycles. The lowest BCUT2D eigenvalue weighted by Crippen LogP contribution is -2.44. The van der Waals surface area contributed by atoms with E-state index in [0.717, 1.165) is 17.9 Å². The minimum atomic E-state index is 0.0293. The number of hydrogen-bond donors (Lipinski definition) is 1. The van der Waals surface area contributed by atoms with Crippen LogP contribution in [0.1, 0.15) is 37.5 Å². The number of para-hydroxylation sites is 1. The molecule has 0 aromatic heterocycles. The Morgan fingerprint density at radius 2 is 1.95 bits per heavy atom. The molecule has 2 aromatic rings. The number of hydrogen-bond acceptors (Lipinski definition) is 2. The summed E-state index contributed by atoms with van der Waals surface area (Å²) in [6.45, 7) is 4.61. The highest BCUT2D eigenvalue weighted by Gasteiger charge is 2.43. The lowest BCUT2D eigenvalue weighted by Gasteiger charge is -2.45. The zero-order chi connectivity index (χ0) is 14.6. The Kier molecular flexibility index (Phi) is 2.74. The molecule has 2 aromatic carbocycles. The first-order valence-corrected chi connectivity index (χ1v) is 7.75. The molecule has 1 heterocycles. The van der Waals surface area contributed by atoms with Crippen LogP contribution in [0.4, 0.5) is 5.69 Å². The van der Waals surface area contributed by atoms with Crippen LogP contribution < -0.4 is 10.1 Å². The van der Waals surface area contributed by atoms with Crippen LogP contribution in [0.25, 0.3) is 0 Å². The highest BCUT2D eigenvalue weighted by molar-refractivity contribution is 6.32. The Bertz CT molecular complexity index is 710. The van der Waals surface area contributed by atoms with Gasteiger partial charge in [-0.25, -0.2) is 0 Å². The molecule has 2 nitrogen and oxygen atoms in total. The molecular formula is C18H18ClNO. The minimum Gasteiger partial charge on any atom is -0.480 e. The van der Waals surface area contributed by atoms with Gasteiger partial charge in [-0.1, -0.05) is 55.8 Å². The summed E-state index contributed by atoms with van der Waals surface area (Å²) in [6, 6.07) is 14.7. The molecule has 0 saturated carbocycles. The average Bonchev–Trinajstić information content (AvgIpc) is 2.46. The normalized spacial score (nSPS) is 24.9. The van der Waals surface area contributed by atoms with Gasteiger partial charge in [-0.3, -0.25) is 0 Å². The van der Waals surface area contributed by atoms with Gasteiger partial charge in [0.1, 0.15) is 6.10 Å². The van der Waals surface area contributed by atoms with Gasteiger partial charge >= 0.3 is 0 Å². The Hall–Kier alpha value is -1.67. The molecule has 0 radical (unpaired) electrons. The number of nitrogens with one attached hydrogen (secondary N) is 1. The zero-order valence-corrected chi connectivity index (χ0v) is 12.9. The lowest BCUT2D eigenvalue weighted by atomic mass is 9.69. The van der Waals surface area contributed by atoms with Crippen molar-refractivity contribution in [2.24, 2.45) is 0 Å². The first-order chi connectivity index (χ1) is 10.1. The van der Waals surface area contributed by atoms with E-state index < -0.39 is 0 Å². The summed E-state index contributed by atoms with van der Waals surface area (Å²) in [4.78, 5) is 0. The Morgan fingerprint density at radius 1 is 1.14 bits per heavy atom. The van der Waals surface area contributed by atoms with E-state index in [9.17, 15) is 0 Å². The van der Waals surface area contributed by atoms with Gasteiger partial charge in [0.25, 0.3) is 0 Å². The van der Waals surface area contributed by atoms with Crippen molar-refractivity contribution in [2.45, 2.75) is 37.8 Å². The summed E-state index contributed by atoms with van der Waals surface area (Å²) in [7, 11) is 0. The van der Waals surface area contributed by atoms with Crippen molar-refractivity contribution in [2.75, 3.05) is 5.32 Å². The molecule has 0 fully saturated rings. The van der Waals surface area contributed by atoms with Crippen molar-refractivity contribution >= 4 is 17.3 Å². The number of rotatable bonds is 0. The smallest absolute Gasteiger partial charge is 0.162 e. The summed E-state index contributed by atoms with van der Waals surface area (Å²) >= 11 is 6.29. The maximum Gasteiger partial charge on any atom is 0.162 e. The van der Waals surface area contributed by atoms with Crippen LogP contribution in [0, 0.1) is 0 Å². The van der Waals surface area contributed by atoms with E-state index in [1.54, 1.807) is 0 Å². The molecule has 0 saturated heterocycles. The van der Waals surface area contributed by atoms with E-state index in [2.05, 4.69) is 43.4 Å². The molecule has 3 heteroatoms. The quantitative estimate of drug-likeness (QED) is 0.744. The van der Waals surface area contributed by atoms with Crippen molar-refractivity contribution in [3.05, 3.63) is 58.6 Å². The van der Waals surface area contributed by atoms with E-state index in [4.69, 9.17) is 16.3 Å². The predicted octanol–water partition coefficient (Wildman–Crippen LogP) is 4.94. The monoisotopic (exact) mass is 299 g/mol. The maximum atomic E-state index is 6.29. The highest BCUT2D eigenvalue weighted by atomic mass is 35.5. The molecular weight excluding hydrogens is 282 g/mol. The number of ether oxygens (including phenoxy) is 1. The molecule has 4 rings (SSSR count). The summed E-state index contributed by atoms with van der Waals surface area (Å²) in [5.74, 6) is 0.773. The third kappa shape index (κ3) is 1.93. The number of benzene rings is 2. The van der Waals surface area contributed by atoms with E-state index in [-0.39, 0.29) is 17.6 Å². The Balaban J connectivity index is 1.85. The van der Waals surface area contributed by atoms with Crippen LogP contribution in [-0.2, 0) is 5.41 Å². The van der Waals surface area contributed by atoms with Gasteiger partial charge in [-0.15, -0.1) is 0 Å². The van der Waals surface area contributed by atoms with Gasteiger partial charge in [0.05, 0.1) is 16.8 Å². The molecule has 108 valence electrons. The second-order valence-corrected chi connectivity index (χ2v) is 6.99. The Morgan fingerprint density at radius 3 is 2.81 bits per heavy atom. The van der Waals surface area contributed by atoms with Crippen molar-refractivity contribution in [3.8, 4) is 5.75 Å². The van der Waals surface area contributed by atoms with Gasteiger partial charge in [-0.2, -0.15) is 0 Å². The van der Waals surface area contributed by atoms with Crippen LogP contribution in [0.5, 0.6) is 5.75 Å². The van der Waals surface area contributed by atoms with Crippen LogP contribution in [-0.4, -0.2) is 6.04 Å². The number of halogens is 1. The predicted molar refractivity (Wildman–Crippen MR) is 86.3 cm³/mol. The largest absolute Gasteiger partial charge is 0.480 e. The van der Waals surface area contributed by atoms with E-state index in [0.29, 0.717) is 5.02 Å². The molecule has 2 unspecified atom stereocenters. The fourth-order valence-electron chi connectivity index (χ4n) is 3.69. The van der Waals surface area contributed by atoms with Crippen LogP contribution in [0.2, 0.25) is 5.02 Å². The average molecular weight is 300 g/mol. The van der Waals surface area contributed by atoms with Gasteiger partial charge in [0, 0.05) is 0 Å². The fourth-order valence-corrected chi connectivity index (χ4v) is 3.91. The van der Waals surface area contributed by atoms with Crippen molar-refractivity contribution in [3.63, 3.8) is 0 Å².